The second-order valence-electron chi connectivity index (χ2n) is 9.28. The first-order valence-corrected chi connectivity index (χ1v) is 12.5. The Labute approximate surface area is 218 Å². The summed E-state index contributed by atoms with van der Waals surface area (Å²) in [4.78, 5) is 32.0. The van der Waals surface area contributed by atoms with Crippen molar-refractivity contribution < 1.29 is 18.3 Å². The van der Waals surface area contributed by atoms with Gasteiger partial charge in [0.05, 0.1) is 18.9 Å². The second kappa shape index (κ2) is 11.6. The van der Waals surface area contributed by atoms with Crippen LogP contribution in [-0.2, 0) is 9.53 Å². The standard InChI is InChI=1S/C27H29F2N7O2/c1-18(37)38-23(14-30-26-24-27(32-16-31-24)34-17-33-26)15-35-10-12-36(13-11-35)25(19-2-6-21(28)7-3-19)20-4-8-22(29)9-5-20/h2-9,16-17,23,25H,10-15H2,1H3,(H2,30,31,32,33,34). The monoisotopic (exact) mass is 521 g/mol. The number of nitrogens with one attached hydrogen (secondary N) is 2. The molecule has 0 radical (unpaired) electrons. The molecule has 3 heterocycles. The molecule has 2 N–H and O–H groups in total. The average Bonchev–Trinajstić information content (AvgIpc) is 3.40. The van der Waals surface area contributed by atoms with Crippen LogP contribution < -0.4 is 5.32 Å². The zero-order chi connectivity index (χ0) is 26.5. The smallest absolute Gasteiger partial charge is 0.303 e. The van der Waals surface area contributed by atoms with Crippen molar-refractivity contribution >= 4 is 23.0 Å². The molecule has 198 valence electrons. The molecule has 1 atom stereocenters. The highest BCUT2D eigenvalue weighted by atomic mass is 19.1. The fourth-order valence-corrected chi connectivity index (χ4v) is 4.88. The van der Waals surface area contributed by atoms with Crippen LogP contribution in [0.1, 0.15) is 24.1 Å². The van der Waals surface area contributed by atoms with E-state index in [0.29, 0.717) is 30.1 Å². The highest BCUT2D eigenvalue weighted by Gasteiger charge is 2.28. The quantitative estimate of drug-likeness (QED) is 0.324. The normalized spacial score (nSPS) is 15.6. The Morgan fingerprint density at radius 2 is 1.61 bits per heavy atom. The molecular formula is C27H29F2N7O2. The van der Waals surface area contributed by atoms with Gasteiger partial charge < -0.3 is 15.0 Å². The van der Waals surface area contributed by atoms with Gasteiger partial charge in [0, 0.05) is 39.6 Å². The number of piperazine rings is 1. The molecule has 38 heavy (non-hydrogen) atoms. The van der Waals surface area contributed by atoms with Crippen LogP contribution >= 0.6 is 0 Å². The fraction of sp³-hybridized carbons (Fsp3) is 0.333. The number of rotatable bonds is 9. The molecule has 0 saturated carbocycles. The lowest BCUT2D eigenvalue weighted by atomic mass is 9.96. The minimum absolute atomic E-state index is 0.127. The summed E-state index contributed by atoms with van der Waals surface area (Å²) in [7, 11) is 0. The molecule has 5 rings (SSSR count). The molecule has 0 aliphatic carbocycles. The number of halogens is 2. The van der Waals surface area contributed by atoms with Crippen molar-refractivity contribution in [1.29, 1.82) is 0 Å². The van der Waals surface area contributed by atoms with Gasteiger partial charge in [0.2, 0.25) is 0 Å². The molecule has 4 aromatic rings. The summed E-state index contributed by atoms with van der Waals surface area (Å²) in [5.74, 6) is -0.372. The van der Waals surface area contributed by atoms with Crippen LogP contribution in [0.2, 0.25) is 0 Å². The summed E-state index contributed by atoms with van der Waals surface area (Å²) in [5, 5.41) is 3.24. The molecule has 0 spiro atoms. The van der Waals surface area contributed by atoms with Gasteiger partial charge in [-0.1, -0.05) is 24.3 Å². The maximum Gasteiger partial charge on any atom is 0.303 e. The number of H-pyrrole nitrogens is 1. The summed E-state index contributed by atoms with van der Waals surface area (Å²) in [6, 6.07) is 12.8. The lowest BCUT2D eigenvalue weighted by Crippen LogP contribution is -2.50. The molecule has 1 aliphatic heterocycles. The number of carbonyl (C=O) groups excluding carboxylic acids is 1. The Bertz CT molecular complexity index is 1310. The van der Waals surface area contributed by atoms with Crippen molar-refractivity contribution in [2.45, 2.75) is 19.1 Å². The largest absolute Gasteiger partial charge is 0.459 e. The van der Waals surface area contributed by atoms with Gasteiger partial charge in [-0.2, -0.15) is 0 Å². The van der Waals surface area contributed by atoms with E-state index in [4.69, 9.17) is 4.74 Å². The Balaban J connectivity index is 1.24. The molecule has 0 bridgehead atoms. The molecule has 9 nitrogen and oxygen atoms in total. The zero-order valence-corrected chi connectivity index (χ0v) is 21.0. The Morgan fingerprint density at radius 1 is 0.974 bits per heavy atom. The van der Waals surface area contributed by atoms with Gasteiger partial charge in [-0.25, -0.2) is 23.7 Å². The lowest BCUT2D eigenvalue weighted by molar-refractivity contribution is -0.146. The van der Waals surface area contributed by atoms with Crippen LogP contribution in [-0.4, -0.2) is 81.1 Å². The van der Waals surface area contributed by atoms with E-state index in [0.717, 1.165) is 37.3 Å². The minimum Gasteiger partial charge on any atom is -0.459 e. The number of benzene rings is 2. The summed E-state index contributed by atoms with van der Waals surface area (Å²) < 4.78 is 32.8. The van der Waals surface area contributed by atoms with E-state index in [1.54, 1.807) is 30.6 Å². The van der Waals surface area contributed by atoms with Crippen LogP contribution in [0.3, 0.4) is 0 Å². The topological polar surface area (TPSA) is 99.3 Å². The maximum atomic E-state index is 13.6. The van der Waals surface area contributed by atoms with Crippen LogP contribution in [0.5, 0.6) is 0 Å². The third kappa shape index (κ3) is 6.12. The second-order valence-corrected chi connectivity index (χ2v) is 9.28. The first kappa shape index (κ1) is 25.7. The van der Waals surface area contributed by atoms with Crippen molar-refractivity contribution in [2.75, 3.05) is 44.6 Å². The van der Waals surface area contributed by atoms with Gasteiger partial charge in [0.1, 0.15) is 29.6 Å². The average molecular weight is 522 g/mol. The third-order valence-electron chi connectivity index (χ3n) is 6.65. The van der Waals surface area contributed by atoms with Crippen molar-refractivity contribution in [2.24, 2.45) is 0 Å². The van der Waals surface area contributed by atoms with Crippen molar-refractivity contribution in [3.63, 3.8) is 0 Å². The molecular weight excluding hydrogens is 492 g/mol. The number of carbonyl (C=O) groups is 1. The number of aromatic nitrogens is 4. The zero-order valence-electron chi connectivity index (χ0n) is 21.0. The highest BCUT2D eigenvalue weighted by molar-refractivity contribution is 5.81. The van der Waals surface area contributed by atoms with Crippen molar-refractivity contribution in [3.05, 3.63) is 83.9 Å². The van der Waals surface area contributed by atoms with E-state index in [1.807, 2.05) is 0 Å². The van der Waals surface area contributed by atoms with Crippen LogP contribution in [0, 0.1) is 11.6 Å². The van der Waals surface area contributed by atoms with Gasteiger partial charge >= 0.3 is 5.97 Å². The summed E-state index contributed by atoms with van der Waals surface area (Å²) in [5.41, 5.74) is 3.14. The first-order valence-electron chi connectivity index (χ1n) is 12.5. The predicted molar refractivity (Wildman–Crippen MR) is 138 cm³/mol. The third-order valence-corrected chi connectivity index (χ3v) is 6.65. The molecule has 1 unspecified atom stereocenters. The number of hydrogen-bond donors (Lipinski definition) is 2. The number of fused-ring (bicyclic) bond motifs is 1. The van der Waals surface area contributed by atoms with Crippen molar-refractivity contribution in [1.82, 2.24) is 29.7 Å². The number of imidazole rings is 1. The van der Waals surface area contributed by atoms with Crippen LogP contribution in [0.4, 0.5) is 14.6 Å². The maximum absolute atomic E-state index is 13.6. The molecule has 1 fully saturated rings. The number of aromatic amines is 1. The number of anilines is 1. The molecule has 2 aromatic heterocycles. The molecule has 1 aliphatic rings. The summed E-state index contributed by atoms with van der Waals surface area (Å²) >= 11 is 0. The van der Waals surface area contributed by atoms with Crippen molar-refractivity contribution in [3.8, 4) is 0 Å². The SMILES string of the molecule is CC(=O)OC(CNc1ncnc2[nH]cnc12)CN1CCN(C(c2ccc(F)cc2)c2ccc(F)cc2)CC1. The predicted octanol–water partition coefficient (Wildman–Crippen LogP) is 3.38. The minimum atomic E-state index is -0.395. The van der Waals surface area contributed by atoms with E-state index in [2.05, 4.69) is 35.1 Å². The van der Waals surface area contributed by atoms with E-state index in [1.165, 1.54) is 37.5 Å². The number of nitrogens with zero attached hydrogens (tertiary/aromatic N) is 5. The van der Waals surface area contributed by atoms with Gasteiger partial charge in [-0.3, -0.25) is 14.6 Å². The van der Waals surface area contributed by atoms with Gasteiger partial charge in [0.25, 0.3) is 0 Å². The Morgan fingerprint density at radius 3 is 2.21 bits per heavy atom. The van der Waals surface area contributed by atoms with Gasteiger partial charge in [-0.05, 0) is 35.4 Å². The Hall–Kier alpha value is -3.96. The van der Waals surface area contributed by atoms with Crippen LogP contribution in [0.15, 0.2) is 61.2 Å². The van der Waals surface area contributed by atoms with E-state index >= 15 is 0 Å². The number of ether oxygens (including phenoxy) is 1. The van der Waals surface area contributed by atoms with Gasteiger partial charge in [0.15, 0.2) is 11.5 Å². The molecule has 2 aromatic carbocycles. The lowest BCUT2D eigenvalue weighted by Gasteiger charge is -2.40. The fourth-order valence-electron chi connectivity index (χ4n) is 4.88. The number of hydrogen-bond acceptors (Lipinski definition) is 8. The summed E-state index contributed by atoms with van der Waals surface area (Å²) in [6.07, 6.45) is 2.60. The van der Waals surface area contributed by atoms with E-state index < -0.39 is 6.10 Å². The Kier molecular flexibility index (Phi) is 7.85. The number of esters is 1. The van der Waals surface area contributed by atoms with E-state index in [-0.39, 0.29) is 23.6 Å². The van der Waals surface area contributed by atoms with Gasteiger partial charge in [-0.15, -0.1) is 0 Å². The molecule has 0 amide bonds. The molecule has 11 heteroatoms. The van der Waals surface area contributed by atoms with Crippen LogP contribution in [0.25, 0.3) is 11.2 Å². The summed E-state index contributed by atoms with van der Waals surface area (Å²) in [6.45, 7) is 5.28. The highest BCUT2D eigenvalue weighted by Crippen LogP contribution is 2.30. The first-order chi connectivity index (χ1) is 18.5. The van der Waals surface area contributed by atoms with E-state index in [9.17, 15) is 13.6 Å². The molecule has 1 saturated heterocycles.